The second-order valence-corrected chi connectivity index (χ2v) is 2.42. The monoisotopic (exact) mass is 188 g/mol. The molecule has 0 saturated heterocycles. The van der Waals surface area contributed by atoms with Gasteiger partial charge in [0, 0.05) is 12.7 Å². The summed E-state index contributed by atoms with van der Waals surface area (Å²) in [6, 6.07) is 9.36. The Hall–Kier alpha value is -1.75. The van der Waals surface area contributed by atoms with Crippen molar-refractivity contribution in [2.45, 2.75) is 13.8 Å². The van der Waals surface area contributed by atoms with E-state index in [0.29, 0.717) is 5.56 Å². The van der Waals surface area contributed by atoms with E-state index >= 15 is 0 Å². The van der Waals surface area contributed by atoms with Gasteiger partial charge in [-0.05, 0) is 17.7 Å². The Morgan fingerprint density at radius 3 is 2.14 bits per heavy atom. The van der Waals surface area contributed by atoms with Gasteiger partial charge in [0.2, 0.25) is 0 Å². The molecule has 0 unspecified atom stereocenters. The van der Waals surface area contributed by atoms with Crippen LogP contribution in [0.5, 0.6) is 0 Å². The Morgan fingerprint density at radius 2 is 1.79 bits per heavy atom. The van der Waals surface area contributed by atoms with Crippen molar-refractivity contribution < 1.29 is 0 Å². The molecular formula is C12H16N2. The zero-order valence-electron chi connectivity index (χ0n) is 8.96. The Kier molecular flexibility index (Phi) is 5.89. The van der Waals surface area contributed by atoms with E-state index in [1.165, 1.54) is 0 Å². The molecule has 0 fully saturated rings. The maximum atomic E-state index is 8.54. The molecule has 1 N–H and O–H groups in total. The predicted octanol–water partition coefficient (Wildman–Crippen LogP) is 2.77. The van der Waals surface area contributed by atoms with E-state index in [2.05, 4.69) is 18.0 Å². The van der Waals surface area contributed by atoms with Gasteiger partial charge < -0.3 is 5.32 Å². The number of nitrogens with zero attached hydrogens (tertiary/aromatic N) is 1. The lowest BCUT2D eigenvalue weighted by molar-refractivity contribution is 1.13. The second-order valence-electron chi connectivity index (χ2n) is 2.42. The summed E-state index contributed by atoms with van der Waals surface area (Å²) in [5, 5.41) is 11.5. The summed E-state index contributed by atoms with van der Waals surface area (Å²) >= 11 is 0. The fourth-order valence-corrected chi connectivity index (χ4v) is 0.890. The molecule has 0 saturated carbocycles. The maximum absolute atomic E-state index is 8.54. The van der Waals surface area contributed by atoms with Crippen molar-refractivity contribution in [1.29, 1.82) is 5.26 Å². The highest BCUT2D eigenvalue weighted by atomic mass is 14.8. The first kappa shape index (κ1) is 12.2. The first-order chi connectivity index (χ1) is 6.77. The molecule has 2 heteroatoms. The highest BCUT2D eigenvalue weighted by molar-refractivity contribution is 5.61. The van der Waals surface area contributed by atoms with Gasteiger partial charge in [-0.2, -0.15) is 5.26 Å². The Morgan fingerprint density at radius 1 is 1.29 bits per heavy atom. The summed E-state index contributed by atoms with van der Waals surface area (Å²) in [6.07, 6.45) is 0. The van der Waals surface area contributed by atoms with Crippen molar-refractivity contribution in [3.8, 4) is 6.07 Å². The quantitative estimate of drug-likeness (QED) is 0.774. The minimum atomic E-state index is 0.669. The summed E-state index contributed by atoms with van der Waals surface area (Å²) in [5.41, 5.74) is 2.54. The molecule has 0 bridgehead atoms. The van der Waals surface area contributed by atoms with E-state index in [4.69, 9.17) is 5.26 Å². The van der Waals surface area contributed by atoms with Crippen LogP contribution in [-0.4, -0.2) is 7.05 Å². The van der Waals surface area contributed by atoms with Gasteiger partial charge in [-0.25, -0.2) is 0 Å². The third-order valence-electron chi connectivity index (χ3n) is 1.66. The molecule has 1 rings (SSSR count). The molecule has 0 aromatic heterocycles. The normalized spacial score (nSPS) is 7.86. The minimum Gasteiger partial charge on any atom is -0.388 e. The molecule has 14 heavy (non-hydrogen) atoms. The van der Waals surface area contributed by atoms with Gasteiger partial charge >= 0.3 is 0 Å². The molecular weight excluding hydrogens is 172 g/mol. The largest absolute Gasteiger partial charge is 0.388 e. The third-order valence-corrected chi connectivity index (χ3v) is 1.66. The lowest BCUT2D eigenvalue weighted by atomic mass is 10.1. The lowest BCUT2D eigenvalue weighted by Gasteiger charge is -2.03. The van der Waals surface area contributed by atoms with E-state index in [9.17, 15) is 0 Å². The van der Waals surface area contributed by atoms with Crippen molar-refractivity contribution in [3.63, 3.8) is 0 Å². The summed E-state index contributed by atoms with van der Waals surface area (Å²) in [4.78, 5) is 0. The molecule has 1 aromatic rings. The average Bonchev–Trinajstić information content (AvgIpc) is 2.31. The topological polar surface area (TPSA) is 35.8 Å². The van der Waals surface area contributed by atoms with E-state index < -0.39 is 0 Å². The Labute approximate surface area is 85.9 Å². The fraction of sp³-hybridized carbons (Fsp3) is 0.250. The molecule has 0 heterocycles. The molecule has 0 amide bonds. The molecule has 0 spiro atoms. The van der Waals surface area contributed by atoms with Gasteiger partial charge in [0.1, 0.15) is 0 Å². The van der Waals surface area contributed by atoms with E-state index in [1.54, 1.807) is 12.1 Å². The third kappa shape index (κ3) is 3.32. The molecule has 1 aromatic carbocycles. The smallest absolute Gasteiger partial charge is 0.0991 e. The van der Waals surface area contributed by atoms with Gasteiger partial charge in [0.25, 0.3) is 0 Å². The van der Waals surface area contributed by atoms with Gasteiger partial charge in [0.05, 0.1) is 11.6 Å². The summed E-state index contributed by atoms with van der Waals surface area (Å²) in [7, 11) is 1.82. The van der Waals surface area contributed by atoms with Crippen molar-refractivity contribution in [2.75, 3.05) is 7.05 Å². The summed E-state index contributed by atoms with van der Waals surface area (Å²) in [6.45, 7) is 7.80. The van der Waals surface area contributed by atoms with Gasteiger partial charge in [0.15, 0.2) is 0 Å². The van der Waals surface area contributed by atoms with Gasteiger partial charge in [-0.15, -0.1) is 0 Å². The minimum absolute atomic E-state index is 0.669. The van der Waals surface area contributed by atoms with Crippen LogP contribution in [0.1, 0.15) is 25.0 Å². The second kappa shape index (κ2) is 6.73. The van der Waals surface area contributed by atoms with Gasteiger partial charge in [-0.3, -0.25) is 0 Å². The fourth-order valence-electron chi connectivity index (χ4n) is 0.890. The van der Waals surface area contributed by atoms with E-state index in [0.717, 1.165) is 11.3 Å². The van der Waals surface area contributed by atoms with Crippen LogP contribution in [0.2, 0.25) is 0 Å². The first-order valence-electron chi connectivity index (χ1n) is 4.65. The van der Waals surface area contributed by atoms with Crippen molar-refractivity contribution in [1.82, 2.24) is 5.32 Å². The van der Waals surface area contributed by atoms with Crippen LogP contribution in [0.15, 0.2) is 30.8 Å². The van der Waals surface area contributed by atoms with Crippen molar-refractivity contribution >= 4 is 5.70 Å². The van der Waals surface area contributed by atoms with Crippen LogP contribution in [0, 0.1) is 11.3 Å². The zero-order chi connectivity index (χ0) is 11.0. The number of hydrogen-bond donors (Lipinski definition) is 1. The Bertz CT molecular complexity index is 317. The highest BCUT2D eigenvalue weighted by Gasteiger charge is 1.95. The first-order valence-corrected chi connectivity index (χ1v) is 4.65. The number of benzene rings is 1. The maximum Gasteiger partial charge on any atom is 0.0991 e. The summed E-state index contributed by atoms with van der Waals surface area (Å²) in [5.74, 6) is 0. The van der Waals surface area contributed by atoms with Crippen LogP contribution < -0.4 is 5.32 Å². The van der Waals surface area contributed by atoms with Crippen LogP contribution in [-0.2, 0) is 0 Å². The predicted molar refractivity (Wildman–Crippen MR) is 60.6 cm³/mol. The molecule has 0 aliphatic rings. The van der Waals surface area contributed by atoms with Crippen LogP contribution in [0.25, 0.3) is 5.70 Å². The standard InChI is InChI=1S/C10H10N2.C2H6/c1-8(12-2)10-5-3-9(7-11)4-6-10;1-2/h3-6,12H,1H2,2H3;1-2H3. The molecule has 0 aliphatic carbocycles. The van der Waals surface area contributed by atoms with Crippen molar-refractivity contribution in [2.24, 2.45) is 0 Å². The van der Waals surface area contributed by atoms with E-state index in [-0.39, 0.29) is 0 Å². The average molecular weight is 188 g/mol. The lowest BCUT2D eigenvalue weighted by Crippen LogP contribution is -2.02. The van der Waals surface area contributed by atoms with Crippen LogP contribution >= 0.6 is 0 Å². The number of nitriles is 1. The molecule has 2 nitrogen and oxygen atoms in total. The molecule has 74 valence electrons. The number of nitrogens with one attached hydrogen (secondary N) is 1. The summed E-state index contributed by atoms with van der Waals surface area (Å²) < 4.78 is 0. The van der Waals surface area contributed by atoms with Crippen molar-refractivity contribution in [3.05, 3.63) is 42.0 Å². The molecule has 0 aliphatic heterocycles. The molecule has 0 atom stereocenters. The zero-order valence-corrected chi connectivity index (χ0v) is 8.96. The van der Waals surface area contributed by atoms with Gasteiger partial charge in [-0.1, -0.05) is 32.6 Å². The molecule has 0 radical (unpaired) electrons. The number of hydrogen-bond acceptors (Lipinski definition) is 2. The highest BCUT2D eigenvalue weighted by Crippen LogP contribution is 2.09. The van der Waals surface area contributed by atoms with E-state index in [1.807, 2.05) is 33.0 Å². The van der Waals surface area contributed by atoms with Crippen LogP contribution in [0.4, 0.5) is 0 Å². The number of rotatable bonds is 2. The SMILES string of the molecule is C=C(NC)c1ccc(C#N)cc1.CC. The van der Waals surface area contributed by atoms with Crippen LogP contribution in [0.3, 0.4) is 0 Å². The Balaban J connectivity index is 0.000000791.